The van der Waals surface area contributed by atoms with Gasteiger partial charge < -0.3 is 10.6 Å². The van der Waals surface area contributed by atoms with E-state index in [1.807, 2.05) is 24.3 Å². The molecule has 1 heterocycles. The van der Waals surface area contributed by atoms with Crippen LogP contribution in [0.3, 0.4) is 0 Å². The average Bonchev–Trinajstić information content (AvgIpc) is 2.41. The first-order chi connectivity index (χ1) is 8.38. The molecule has 0 saturated carbocycles. The van der Waals surface area contributed by atoms with E-state index in [4.69, 9.17) is 5.26 Å². The van der Waals surface area contributed by atoms with E-state index >= 15 is 0 Å². The fraction of sp³-hybridized carbons (Fsp3) is 0.500. The van der Waals surface area contributed by atoms with Crippen LogP contribution in [0.1, 0.15) is 30.4 Å². The molecule has 1 aliphatic rings. The summed E-state index contributed by atoms with van der Waals surface area (Å²) >= 11 is 0. The van der Waals surface area contributed by atoms with Gasteiger partial charge in [-0.05, 0) is 37.1 Å². The Morgan fingerprint density at radius 2 is 2.12 bits per heavy atom. The third-order valence-electron chi connectivity index (χ3n) is 3.22. The summed E-state index contributed by atoms with van der Waals surface area (Å²) in [5, 5.41) is 15.7. The first-order valence-corrected chi connectivity index (χ1v) is 6.31. The molecule has 1 aromatic rings. The molecule has 0 amide bonds. The summed E-state index contributed by atoms with van der Waals surface area (Å²) in [7, 11) is 0. The Bertz CT molecular complexity index is 371. The molecule has 0 unspecified atom stereocenters. The largest absolute Gasteiger partial charge is 0.313 e. The monoisotopic (exact) mass is 229 g/mol. The van der Waals surface area contributed by atoms with Gasteiger partial charge in [-0.3, -0.25) is 0 Å². The Hall–Kier alpha value is -1.37. The van der Waals surface area contributed by atoms with E-state index in [1.54, 1.807) is 0 Å². The summed E-state index contributed by atoms with van der Waals surface area (Å²) in [6.07, 6.45) is 3.93. The molecule has 1 fully saturated rings. The number of hydrogen-bond acceptors (Lipinski definition) is 3. The van der Waals surface area contributed by atoms with E-state index in [0.29, 0.717) is 6.04 Å². The van der Waals surface area contributed by atoms with Gasteiger partial charge in [-0.2, -0.15) is 5.26 Å². The van der Waals surface area contributed by atoms with Gasteiger partial charge in [-0.1, -0.05) is 18.6 Å². The lowest BCUT2D eigenvalue weighted by Crippen LogP contribution is -2.41. The van der Waals surface area contributed by atoms with Gasteiger partial charge in [0.05, 0.1) is 11.6 Å². The van der Waals surface area contributed by atoms with Crippen molar-refractivity contribution >= 4 is 0 Å². The number of nitriles is 1. The second-order valence-electron chi connectivity index (χ2n) is 4.59. The van der Waals surface area contributed by atoms with Crippen molar-refractivity contribution < 1.29 is 0 Å². The predicted octanol–water partition coefficient (Wildman–Crippen LogP) is 1.79. The maximum Gasteiger partial charge on any atom is 0.0991 e. The molecule has 17 heavy (non-hydrogen) atoms. The third-order valence-corrected chi connectivity index (χ3v) is 3.22. The van der Waals surface area contributed by atoms with Crippen LogP contribution >= 0.6 is 0 Å². The number of benzene rings is 1. The number of rotatable bonds is 4. The van der Waals surface area contributed by atoms with Crippen LogP contribution in [0.25, 0.3) is 0 Å². The number of nitrogens with zero attached hydrogens (tertiary/aromatic N) is 1. The fourth-order valence-corrected chi connectivity index (χ4v) is 2.19. The Balaban J connectivity index is 1.72. The lowest BCUT2D eigenvalue weighted by molar-refractivity contribution is 0.383. The summed E-state index contributed by atoms with van der Waals surface area (Å²) in [5.74, 6) is 0. The smallest absolute Gasteiger partial charge is 0.0991 e. The molecule has 3 nitrogen and oxygen atoms in total. The Morgan fingerprint density at radius 3 is 2.76 bits per heavy atom. The molecule has 1 aromatic carbocycles. The van der Waals surface area contributed by atoms with E-state index in [1.165, 1.54) is 24.8 Å². The topological polar surface area (TPSA) is 47.9 Å². The Kier molecular flexibility index (Phi) is 4.54. The van der Waals surface area contributed by atoms with Gasteiger partial charge in [0, 0.05) is 19.1 Å². The van der Waals surface area contributed by atoms with Crippen molar-refractivity contribution in [2.45, 2.75) is 31.8 Å². The summed E-state index contributed by atoms with van der Waals surface area (Å²) in [4.78, 5) is 0. The fourth-order valence-electron chi connectivity index (χ4n) is 2.19. The number of piperidine rings is 1. The van der Waals surface area contributed by atoms with Crippen LogP contribution in [0.4, 0.5) is 0 Å². The minimum atomic E-state index is 0.627. The van der Waals surface area contributed by atoms with E-state index in [9.17, 15) is 0 Å². The van der Waals surface area contributed by atoms with E-state index in [-0.39, 0.29) is 0 Å². The van der Waals surface area contributed by atoms with Crippen LogP contribution in [-0.4, -0.2) is 19.1 Å². The predicted molar refractivity (Wildman–Crippen MR) is 68.5 cm³/mol. The highest BCUT2D eigenvalue weighted by molar-refractivity contribution is 5.31. The zero-order chi connectivity index (χ0) is 11.9. The molecule has 0 bridgehead atoms. The summed E-state index contributed by atoms with van der Waals surface area (Å²) in [6, 6.07) is 10.5. The van der Waals surface area contributed by atoms with E-state index < -0.39 is 0 Å². The minimum Gasteiger partial charge on any atom is -0.313 e. The minimum absolute atomic E-state index is 0.627. The van der Waals surface area contributed by atoms with Crippen molar-refractivity contribution in [3.8, 4) is 6.07 Å². The Morgan fingerprint density at radius 1 is 1.29 bits per heavy atom. The van der Waals surface area contributed by atoms with E-state index in [2.05, 4.69) is 16.7 Å². The normalized spacial score (nSPS) is 19.8. The molecule has 2 N–H and O–H groups in total. The molecule has 0 radical (unpaired) electrons. The quantitative estimate of drug-likeness (QED) is 0.827. The second-order valence-corrected chi connectivity index (χ2v) is 4.59. The maximum absolute atomic E-state index is 8.70. The molecule has 2 rings (SSSR count). The second kappa shape index (κ2) is 6.39. The van der Waals surface area contributed by atoms with Gasteiger partial charge in [0.2, 0.25) is 0 Å². The average molecular weight is 229 g/mol. The molecular formula is C14H19N3. The highest BCUT2D eigenvalue weighted by Crippen LogP contribution is 2.06. The first kappa shape index (κ1) is 12.1. The van der Waals surface area contributed by atoms with Crippen LogP contribution in [0, 0.1) is 11.3 Å². The highest BCUT2D eigenvalue weighted by atomic mass is 15.0. The van der Waals surface area contributed by atoms with Crippen molar-refractivity contribution in [1.82, 2.24) is 10.6 Å². The van der Waals surface area contributed by atoms with Gasteiger partial charge in [0.15, 0.2) is 0 Å². The highest BCUT2D eigenvalue weighted by Gasteiger charge is 2.11. The zero-order valence-electron chi connectivity index (χ0n) is 10.1. The van der Waals surface area contributed by atoms with Gasteiger partial charge >= 0.3 is 0 Å². The molecule has 1 atom stereocenters. The molecule has 0 aromatic heterocycles. The van der Waals surface area contributed by atoms with Crippen LogP contribution in [0.15, 0.2) is 24.3 Å². The summed E-state index contributed by atoms with van der Waals surface area (Å²) < 4.78 is 0. The summed E-state index contributed by atoms with van der Waals surface area (Å²) in [5.41, 5.74) is 1.96. The van der Waals surface area contributed by atoms with Crippen LogP contribution in [0.5, 0.6) is 0 Å². The molecule has 0 spiro atoms. The van der Waals surface area contributed by atoms with Gasteiger partial charge in [0.1, 0.15) is 0 Å². The standard InChI is InChI=1S/C14H19N3/c15-9-12-4-6-13(7-5-12)10-16-11-14-3-1-2-8-17-14/h4-7,14,16-17H,1-3,8,10-11H2/t14-/m0/s1. The summed E-state index contributed by atoms with van der Waals surface area (Å²) in [6.45, 7) is 3.06. The van der Waals surface area contributed by atoms with Crippen molar-refractivity contribution in [3.05, 3.63) is 35.4 Å². The van der Waals surface area contributed by atoms with Crippen LogP contribution in [-0.2, 0) is 6.54 Å². The molecule has 1 saturated heterocycles. The molecular weight excluding hydrogens is 210 g/mol. The molecule has 3 heteroatoms. The molecule has 1 aliphatic heterocycles. The first-order valence-electron chi connectivity index (χ1n) is 6.31. The van der Waals surface area contributed by atoms with Crippen LogP contribution < -0.4 is 10.6 Å². The maximum atomic E-state index is 8.70. The lowest BCUT2D eigenvalue weighted by Gasteiger charge is -2.23. The van der Waals surface area contributed by atoms with E-state index in [0.717, 1.165) is 25.2 Å². The zero-order valence-corrected chi connectivity index (χ0v) is 10.1. The van der Waals surface area contributed by atoms with Crippen molar-refractivity contribution in [2.75, 3.05) is 13.1 Å². The van der Waals surface area contributed by atoms with Crippen LogP contribution in [0.2, 0.25) is 0 Å². The lowest BCUT2D eigenvalue weighted by atomic mass is 10.1. The van der Waals surface area contributed by atoms with Crippen molar-refractivity contribution in [2.24, 2.45) is 0 Å². The van der Waals surface area contributed by atoms with Gasteiger partial charge in [0.25, 0.3) is 0 Å². The SMILES string of the molecule is N#Cc1ccc(CNC[C@@H]2CCCCN2)cc1. The van der Waals surface area contributed by atoms with Crippen molar-refractivity contribution in [3.63, 3.8) is 0 Å². The number of hydrogen-bond donors (Lipinski definition) is 2. The number of nitrogens with one attached hydrogen (secondary N) is 2. The Labute approximate surface area is 103 Å². The van der Waals surface area contributed by atoms with Gasteiger partial charge in [-0.25, -0.2) is 0 Å². The van der Waals surface area contributed by atoms with Crippen molar-refractivity contribution in [1.29, 1.82) is 5.26 Å². The molecule has 90 valence electrons. The van der Waals surface area contributed by atoms with Gasteiger partial charge in [-0.15, -0.1) is 0 Å². The molecule has 0 aliphatic carbocycles. The third kappa shape index (κ3) is 3.85.